The lowest BCUT2D eigenvalue weighted by Crippen LogP contribution is -2.44. The molecule has 0 unspecified atom stereocenters. The molecule has 1 amide bonds. The number of furan rings is 1. The SMILES string of the molecule is Cc1cccc(CN2CCC(NC(=O)c3c(C)oc4ncn(C)c(=O)c34)CC2)c1. The number of amides is 1. The highest BCUT2D eigenvalue weighted by Gasteiger charge is 2.26. The topological polar surface area (TPSA) is 80.4 Å². The first-order valence-corrected chi connectivity index (χ1v) is 9.96. The van der Waals surface area contributed by atoms with Crippen molar-refractivity contribution in [1.29, 1.82) is 0 Å². The Labute approximate surface area is 169 Å². The Kier molecular flexibility index (Phi) is 5.24. The second kappa shape index (κ2) is 7.83. The molecule has 4 rings (SSSR count). The van der Waals surface area contributed by atoms with E-state index in [-0.39, 0.29) is 28.6 Å². The Bertz CT molecular complexity index is 1110. The first-order chi connectivity index (χ1) is 13.9. The summed E-state index contributed by atoms with van der Waals surface area (Å²) in [5, 5.41) is 3.34. The molecule has 0 atom stereocenters. The summed E-state index contributed by atoms with van der Waals surface area (Å²) in [6.07, 6.45) is 3.16. The minimum atomic E-state index is -0.273. The fourth-order valence-electron chi connectivity index (χ4n) is 4.02. The van der Waals surface area contributed by atoms with Crippen LogP contribution in [0.4, 0.5) is 0 Å². The third-order valence-electron chi connectivity index (χ3n) is 5.59. The van der Waals surface area contributed by atoms with Crippen molar-refractivity contribution in [3.8, 4) is 0 Å². The number of hydrogen-bond acceptors (Lipinski definition) is 5. The van der Waals surface area contributed by atoms with E-state index in [1.807, 2.05) is 0 Å². The predicted octanol–water partition coefficient (Wildman–Crippen LogP) is 2.54. The maximum absolute atomic E-state index is 12.9. The third-order valence-corrected chi connectivity index (χ3v) is 5.59. The average molecular weight is 394 g/mol. The van der Waals surface area contributed by atoms with Crippen molar-refractivity contribution in [2.45, 2.75) is 39.3 Å². The van der Waals surface area contributed by atoms with E-state index in [4.69, 9.17) is 4.42 Å². The zero-order valence-corrected chi connectivity index (χ0v) is 17.1. The lowest BCUT2D eigenvalue weighted by atomic mass is 10.0. The van der Waals surface area contributed by atoms with Gasteiger partial charge < -0.3 is 14.3 Å². The summed E-state index contributed by atoms with van der Waals surface area (Å²) in [4.78, 5) is 31.9. The van der Waals surface area contributed by atoms with Gasteiger partial charge in [0.05, 0.1) is 5.56 Å². The average Bonchev–Trinajstić information content (AvgIpc) is 3.03. The molecule has 7 nitrogen and oxygen atoms in total. The van der Waals surface area contributed by atoms with Crippen molar-refractivity contribution in [1.82, 2.24) is 19.8 Å². The van der Waals surface area contributed by atoms with E-state index in [1.165, 1.54) is 22.0 Å². The summed E-state index contributed by atoms with van der Waals surface area (Å²) in [5.74, 6) is 0.161. The molecule has 0 spiro atoms. The van der Waals surface area contributed by atoms with Crippen molar-refractivity contribution in [3.63, 3.8) is 0 Å². The van der Waals surface area contributed by atoms with Gasteiger partial charge in [-0.05, 0) is 32.3 Å². The molecule has 7 heteroatoms. The summed E-state index contributed by atoms with van der Waals surface area (Å²) < 4.78 is 6.90. The van der Waals surface area contributed by atoms with E-state index in [0.29, 0.717) is 11.3 Å². The van der Waals surface area contributed by atoms with Gasteiger partial charge in [-0.1, -0.05) is 29.8 Å². The number of piperidine rings is 1. The lowest BCUT2D eigenvalue weighted by Gasteiger charge is -2.32. The van der Waals surface area contributed by atoms with E-state index < -0.39 is 0 Å². The highest BCUT2D eigenvalue weighted by Crippen LogP contribution is 2.22. The Morgan fingerprint density at radius 1 is 1.28 bits per heavy atom. The third kappa shape index (κ3) is 3.96. The van der Waals surface area contributed by atoms with Crippen LogP contribution in [0.15, 0.2) is 39.8 Å². The number of likely N-dealkylation sites (tertiary alicyclic amines) is 1. The van der Waals surface area contributed by atoms with Gasteiger partial charge in [0.15, 0.2) is 0 Å². The smallest absolute Gasteiger partial charge is 0.265 e. The minimum absolute atomic E-state index is 0.0844. The fraction of sp³-hybridized carbons (Fsp3) is 0.409. The normalized spacial score (nSPS) is 15.7. The number of benzene rings is 1. The van der Waals surface area contributed by atoms with Crippen LogP contribution in [0.5, 0.6) is 0 Å². The molecule has 3 aromatic rings. The Morgan fingerprint density at radius 2 is 2.03 bits per heavy atom. The zero-order valence-electron chi connectivity index (χ0n) is 17.1. The van der Waals surface area contributed by atoms with Gasteiger partial charge in [-0.15, -0.1) is 0 Å². The van der Waals surface area contributed by atoms with E-state index in [9.17, 15) is 9.59 Å². The molecule has 1 aliphatic rings. The Morgan fingerprint density at radius 3 is 2.76 bits per heavy atom. The predicted molar refractivity (Wildman–Crippen MR) is 111 cm³/mol. The molecule has 0 saturated carbocycles. The van der Waals surface area contributed by atoms with E-state index in [0.717, 1.165) is 32.5 Å². The number of nitrogens with zero attached hydrogens (tertiary/aromatic N) is 3. The van der Waals surface area contributed by atoms with Crippen molar-refractivity contribution < 1.29 is 9.21 Å². The quantitative estimate of drug-likeness (QED) is 0.736. The highest BCUT2D eigenvalue weighted by molar-refractivity contribution is 6.06. The van der Waals surface area contributed by atoms with Crippen LogP contribution in [0.3, 0.4) is 0 Å². The van der Waals surface area contributed by atoms with Gasteiger partial charge >= 0.3 is 0 Å². The first kappa shape index (κ1) is 19.4. The maximum atomic E-state index is 12.9. The molecule has 1 fully saturated rings. The number of carbonyl (C=O) groups is 1. The summed E-state index contributed by atoms with van der Waals surface area (Å²) in [5.41, 5.74) is 2.83. The molecule has 1 saturated heterocycles. The highest BCUT2D eigenvalue weighted by atomic mass is 16.3. The molecule has 1 aliphatic heterocycles. The van der Waals surface area contributed by atoms with Crippen molar-refractivity contribution in [2.75, 3.05) is 13.1 Å². The van der Waals surface area contributed by atoms with E-state index in [2.05, 4.69) is 46.4 Å². The van der Waals surface area contributed by atoms with Crippen LogP contribution in [0, 0.1) is 13.8 Å². The number of nitrogens with one attached hydrogen (secondary N) is 1. The zero-order chi connectivity index (χ0) is 20.5. The summed E-state index contributed by atoms with van der Waals surface area (Å²) >= 11 is 0. The van der Waals surface area contributed by atoms with Gasteiger partial charge in [0.1, 0.15) is 17.5 Å². The van der Waals surface area contributed by atoms with Crippen LogP contribution in [-0.2, 0) is 13.6 Å². The maximum Gasteiger partial charge on any atom is 0.265 e. The molecule has 1 N–H and O–H groups in total. The summed E-state index contributed by atoms with van der Waals surface area (Å²) in [7, 11) is 1.61. The first-order valence-electron chi connectivity index (χ1n) is 9.96. The Hall–Kier alpha value is -2.93. The van der Waals surface area contributed by atoms with Gasteiger partial charge in [0.2, 0.25) is 5.71 Å². The number of rotatable bonds is 4. The van der Waals surface area contributed by atoms with Gasteiger partial charge in [-0.2, -0.15) is 0 Å². The largest absolute Gasteiger partial charge is 0.442 e. The summed E-state index contributed by atoms with van der Waals surface area (Å²) in [6, 6.07) is 8.66. The second-order valence-corrected chi connectivity index (χ2v) is 7.89. The van der Waals surface area contributed by atoms with Gasteiger partial charge in [0, 0.05) is 32.7 Å². The number of carbonyl (C=O) groups excluding carboxylic acids is 1. The summed E-state index contributed by atoms with van der Waals surface area (Å²) in [6.45, 7) is 6.58. The van der Waals surface area contributed by atoms with E-state index in [1.54, 1.807) is 14.0 Å². The molecule has 2 aromatic heterocycles. The number of aryl methyl sites for hydroxylation is 3. The molecule has 0 aliphatic carbocycles. The van der Waals surface area contributed by atoms with Gasteiger partial charge in [0.25, 0.3) is 11.5 Å². The number of aromatic nitrogens is 2. The minimum Gasteiger partial charge on any atom is -0.442 e. The molecule has 152 valence electrons. The van der Waals surface area contributed by atoms with Crippen LogP contribution in [0.2, 0.25) is 0 Å². The van der Waals surface area contributed by atoms with Gasteiger partial charge in [-0.3, -0.25) is 14.5 Å². The van der Waals surface area contributed by atoms with Crippen LogP contribution < -0.4 is 10.9 Å². The molecule has 3 heterocycles. The molecule has 0 radical (unpaired) electrons. The molecule has 29 heavy (non-hydrogen) atoms. The molecule has 1 aromatic carbocycles. The molecule has 0 bridgehead atoms. The molecular formula is C22H26N4O3. The van der Waals surface area contributed by atoms with E-state index >= 15 is 0 Å². The van der Waals surface area contributed by atoms with Crippen LogP contribution in [0.25, 0.3) is 11.1 Å². The second-order valence-electron chi connectivity index (χ2n) is 7.89. The Balaban J connectivity index is 1.42. The van der Waals surface area contributed by atoms with Crippen molar-refractivity contribution >= 4 is 17.0 Å². The van der Waals surface area contributed by atoms with Crippen LogP contribution in [0.1, 0.15) is 40.1 Å². The van der Waals surface area contributed by atoms with Gasteiger partial charge in [-0.25, -0.2) is 4.98 Å². The lowest BCUT2D eigenvalue weighted by molar-refractivity contribution is 0.0909. The van der Waals surface area contributed by atoms with Crippen molar-refractivity contribution in [3.05, 3.63) is 63.4 Å². The standard InChI is InChI=1S/C22H26N4O3/c1-14-5-4-6-16(11-14)12-26-9-7-17(8-10-26)24-20(27)18-15(2)29-21-19(18)22(28)25(3)13-23-21/h4-6,11,13,17H,7-10,12H2,1-3H3,(H,24,27). The van der Waals surface area contributed by atoms with Crippen LogP contribution >= 0.6 is 0 Å². The fourth-order valence-corrected chi connectivity index (χ4v) is 4.02. The number of hydrogen-bond donors (Lipinski definition) is 1. The monoisotopic (exact) mass is 394 g/mol. The number of fused-ring (bicyclic) bond motifs is 1. The van der Waals surface area contributed by atoms with Crippen LogP contribution in [-0.4, -0.2) is 39.5 Å². The van der Waals surface area contributed by atoms with Crippen molar-refractivity contribution in [2.24, 2.45) is 7.05 Å². The molecular weight excluding hydrogens is 368 g/mol.